The van der Waals surface area contributed by atoms with E-state index in [9.17, 15) is 4.79 Å². The third-order valence-corrected chi connectivity index (χ3v) is 3.09. The van der Waals surface area contributed by atoms with E-state index in [1.807, 2.05) is 13.1 Å². The lowest BCUT2D eigenvalue weighted by Crippen LogP contribution is -2.32. The summed E-state index contributed by atoms with van der Waals surface area (Å²) in [7, 11) is 5.15. The van der Waals surface area contributed by atoms with E-state index in [0.29, 0.717) is 18.9 Å². The Morgan fingerprint density at radius 1 is 1.42 bits per heavy atom. The van der Waals surface area contributed by atoms with Crippen molar-refractivity contribution in [2.75, 3.05) is 27.9 Å². The van der Waals surface area contributed by atoms with Crippen LogP contribution in [0, 0.1) is 0 Å². The van der Waals surface area contributed by atoms with Gasteiger partial charge in [-0.3, -0.25) is 4.90 Å². The Morgan fingerprint density at radius 2 is 2.11 bits per heavy atom. The van der Waals surface area contributed by atoms with E-state index in [-0.39, 0.29) is 11.6 Å². The number of rotatable bonds is 7. The Kier molecular flexibility index (Phi) is 5.79. The lowest BCUT2D eigenvalue weighted by molar-refractivity contribution is 0.0693. The monoisotopic (exact) mass is 267 g/mol. The number of carboxylic acids is 1. The number of carboxylic acid groups (broad SMARTS) is 1. The van der Waals surface area contributed by atoms with Gasteiger partial charge in [0.2, 0.25) is 0 Å². The Bertz CT molecular complexity index is 433. The van der Waals surface area contributed by atoms with Crippen molar-refractivity contribution in [2.45, 2.75) is 19.5 Å². The van der Waals surface area contributed by atoms with Crippen LogP contribution in [0.4, 0.5) is 0 Å². The molecule has 1 N–H and O–H groups in total. The van der Waals surface area contributed by atoms with Crippen molar-refractivity contribution in [1.29, 1.82) is 0 Å². The molecule has 5 heteroatoms. The van der Waals surface area contributed by atoms with Gasteiger partial charge in [-0.1, -0.05) is 6.07 Å². The second kappa shape index (κ2) is 7.11. The summed E-state index contributed by atoms with van der Waals surface area (Å²) in [6, 6.07) is 5.43. The summed E-state index contributed by atoms with van der Waals surface area (Å²) >= 11 is 0. The molecule has 106 valence electrons. The molecule has 0 saturated heterocycles. The average Bonchev–Trinajstić information content (AvgIpc) is 2.38. The molecule has 1 unspecified atom stereocenters. The number of methoxy groups -OCH3 is 2. The standard InChI is InChI=1S/C14H21NO4/c1-10(9-18-3)15(2)8-11-5-6-12(14(16)17)13(7-11)19-4/h5-7,10H,8-9H2,1-4H3,(H,16,17). The number of ether oxygens (including phenoxy) is 2. The van der Waals surface area contributed by atoms with Gasteiger partial charge >= 0.3 is 5.97 Å². The van der Waals surface area contributed by atoms with Crippen LogP contribution < -0.4 is 4.74 Å². The van der Waals surface area contributed by atoms with Crippen molar-refractivity contribution >= 4 is 5.97 Å². The molecule has 1 rings (SSSR count). The zero-order valence-corrected chi connectivity index (χ0v) is 11.8. The van der Waals surface area contributed by atoms with Gasteiger partial charge in [0.25, 0.3) is 0 Å². The summed E-state index contributed by atoms with van der Waals surface area (Å²) in [6.45, 7) is 3.44. The maximum absolute atomic E-state index is 11.0. The molecule has 0 fully saturated rings. The van der Waals surface area contributed by atoms with Gasteiger partial charge < -0.3 is 14.6 Å². The first kappa shape index (κ1) is 15.5. The molecule has 0 spiro atoms. The fourth-order valence-corrected chi connectivity index (χ4v) is 1.82. The van der Waals surface area contributed by atoms with Crippen LogP contribution in [0.15, 0.2) is 18.2 Å². The van der Waals surface area contributed by atoms with Crippen LogP contribution >= 0.6 is 0 Å². The van der Waals surface area contributed by atoms with Crippen LogP contribution in [0.5, 0.6) is 5.75 Å². The van der Waals surface area contributed by atoms with E-state index in [2.05, 4.69) is 11.8 Å². The second-order valence-electron chi connectivity index (χ2n) is 4.56. The predicted octanol–water partition coefficient (Wildman–Crippen LogP) is 1.86. The van der Waals surface area contributed by atoms with Gasteiger partial charge in [0.15, 0.2) is 0 Å². The Hall–Kier alpha value is -1.59. The van der Waals surface area contributed by atoms with E-state index in [4.69, 9.17) is 14.6 Å². The maximum Gasteiger partial charge on any atom is 0.339 e. The average molecular weight is 267 g/mol. The van der Waals surface area contributed by atoms with E-state index in [1.165, 1.54) is 7.11 Å². The number of nitrogens with zero attached hydrogens (tertiary/aromatic N) is 1. The molecule has 0 amide bonds. The van der Waals surface area contributed by atoms with E-state index < -0.39 is 5.97 Å². The largest absolute Gasteiger partial charge is 0.496 e. The molecule has 1 aromatic rings. The third kappa shape index (κ3) is 4.22. The number of aromatic carboxylic acids is 1. The van der Waals surface area contributed by atoms with Gasteiger partial charge in [-0.25, -0.2) is 4.79 Å². The smallest absolute Gasteiger partial charge is 0.339 e. The minimum absolute atomic E-state index is 0.179. The molecule has 0 aliphatic rings. The van der Waals surface area contributed by atoms with Crippen LogP contribution in [0.3, 0.4) is 0 Å². The number of likely N-dealkylation sites (N-methyl/N-ethyl adjacent to an activating group) is 1. The van der Waals surface area contributed by atoms with Gasteiger partial charge in [0.05, 0.1) is 13.7 Å². The zero-order chi connectivity index (χ0) is 14.4. The highest BCUT2D eigenvalue weighted by Crippen LogP contribution is 2.21. The summed E-state index contributed by atoms with van der Waals surface area (Å²) < 4.78 is 10.2. The summed E-state index contributed by atoms with van der Waals surface area (Å²) in [5, 5.41) is 9.02. The summed E-state index contributed by atoms with van der Waals surface area (Å²) in [6.07, 6.45) is 0. The van der Waals surface area contributed by atoms with Gasteiger partial charge in [-0.05, 0) is 31.7 Å². The fourth-order valence-electron chi connectivity index (χ4n) is 1.82. The van der Waals surface area contributed by atoms with Crippen molar-refractivity contribution in [3.05, 3.63) is 29.3 Å². The lowest BCUT2D eigenvalue weighted by atomic mass is 10.1. The summed E-state index contributed by atoms with van der Waals surface area (Å²) in [5.41, 5.74) is 1.19. The number of carbonyl (C=O) groups is 1. The minimum atomic E-state index is -0.982. The van der Waals surface area contributed by atoms with E-state index in [0.717, 1.165) is 5.56 Å². The van der Waals surface area contributed by atoms with Crippen LogP contribution in [-0.2, 0) is 11.3 Å². The Morgan fingerprint density at radius 3 is 2.63 bits per heavy atom. The molecule has 0 aliphatic heterocycles. The fraction of sp³-hybridized carbons (Fsp3) is 0.500. The second-order valence-corrected chi connectivity index (χ2v) is 4.56. The molecule has 1 aromatic carbocycles. The van der Waals surface area contributed by atoms with Crippen LogP contribution in [0.25, 0.3) is 0 Å². The first-order valence-electron chi connectivity index (χ1n) is 6.09. The Labute approximate surface area is 113 Å². The first-order valence-corrected chi connectivity index (χ1v) is 6.09. The molecule has 0 heterocycles. The topological polar surface area (TPSA) is 59.0 Å². The molecule has 5 nitrogen and oxygen atoms in total. The molecule has 0 aromatic heterocycles. The molecule has 0 aliphatic carbocycles. The Balaban J connectivity index is 2.82. The normalized spacial score (nSPS) is 12.5. The highest BCUT2D eigenvalue weighted by molar-refractivity contribution is 5.90. The minimum Gasteiger partial charge on any atom is -0.496 e. The molecule has 0 bridgehead atoms. The van der Waals surface area contributed by atoms with Crippen molar-refractivity contribution in [3.8, 4) is 5.75 Å². The van der Waals surface area contributed by atoms with Crippen LogP contribution in [0.2, 0.25) is 0 Å². The van der Waals surface area contributed by atoms with Gasteiger partial charge in [0, 0.05) is 19.7 Å². The quantitative estimate of drug-likeness (QED) is 0.817. The van der Waals surface area contributed by atoms with Gasteiger partial charge in [0.1, 0.15) is 11.3 Å². The summed E-state index contributed by atoms with van der Waals surface area (Å²) in [5.74, 6) is -0.595. The highest BCUT2D eigenvalue weighted by atomic mass is 16.5. The number of hydrogen-bond acceptors (Lipinski definition) is 4. The molecule has 19 heavy (non-hydrogen) atoms. The molecular formula is C14H21NO4. The number of hydrogen-bond donors (Lipinski definition) is 1. The molecule has 1 atom stereocenters. The van der Waals surface area contributed by atoms with Crippen LogP contribution in [-0.4, -0.2) is 49.9 Å². The van der Waals surface area contributed by atoms with E-state index in [1.54, 1.807) is 19.2 Å². The van der Waals surface area contributed by atoms with E-state index >= 15 is 0 Å². The van der Waals surface area contributed by atoms with Gasteiger partial charge in [-0.2, -0.15) is 0 Å². The lowest BCUT2D eigenvalue weighted by Gasteiger charge is -2.24. The van der Waals surface area contributed by atoms with Crippen molar-refractivity contribution in [3.63, 3.8) is 0 Å². The molecular weight excluding hydrogens is 246 g/mol. The maximum atomic E-state index is 11.0. The first-order chi connectivity index (χ1) is 8.99. The predicted molar refractivity (Wildman–Crippen MR) is 72.8 cm³/mol. The van der Waals surface area contributed by atoms with Gasteiger partial charge in [-0.15, -0.1) is 0 Å². The summed E-state index contributed by atoms with van der Waals surface area (Å²) in [4.78, 5) is 13.1. The van der Waals surface area contributed by atoms with Crippen molar-refractivity contribution in [1.82, 2.24) is 4.90 Å². The highest BCUT2D eigenvalue weighted by Gasteiger charge is 2.13. The molecule has 0 saturated carbocycles. The zero-order valence-electron chi connectivity index (χ0n) is 11.8. The SMILES string of the molecule is COCC(C)N(C)Cc1ccc(C(=O)O)c(OC)c1. The third-order valence-electron chi connectivity index (χ3n) is 3.09. The number of benzene rings is 1. The van der Waals surface area contributed by atoms with Crippen molar-refractivity contribution in [2.24, 2.45) is 0 Å². The molecule has 0 radical (unpaired) electrons. The van der Waals surface area contributed by atoms with Crippen molar-refractivity contribution < 1.29 is 19.4 Å². The van der Waals surface area contributed by atoms with Crippen LogP contribution in [0.1, 0.15) is 22.8 Å².